The van der Waals surface area contributed by atoms with Gasteiger partial charge in [-0.3, -0.25) is 9.63 Å². The molecule has 0 aromatic heterocycles. The second kappa shape index (κ2) is 5.19. The topological polar surface area (TPSA) is 38.3 Å². The highest BCUT2D eigenvalue weighted by Gasteiger charge is 2.01. The fraction of sp³-hybridized carbons (Fsp3) is 0.182. The lowest BCUT2D eigenvalue weighted by Gasteiger charge is -2.01. The molecule has 1 rings (SSSR count). The van der Waals surface area contributed by atoms with E-state index in [1.54, 1.807) is 13.0 Å². The molecule has 1 amide bonds. The summed E-state index contributed by atoms with van der Waals surface area (Å²) in [7, 11) is 1.41. The standard InChI is InChI=1S/C11H13NO2/c1-9(11(13)12-14-2)8-10-6-4-3-5-7-10/h3-8H,1-2H3,(H,12,13)/b9-8+. The molecule has 0 saturated heterocycles. The van der Waals surface area contributed by atoms with E-state index in [1.807, 2.05) is 30.3 Å². The molecule has 74 valence electrons. The van der Waals surface area contributed by atoms with Gasteiger partial charge in [-0.05, 0) is 18.6 Å². The predicted octanol–water partition coefficient (Wildman–Crippen LogP) is 1.77. The first kappa shape index (κ1) is 10.5. The Labute approximate surface area is 83.3 Å². The maximum atomic E-state index is 11.2. The minimum absolute atomic E-state index is 0.226. The molecule has 3 heteroatoms. The monoisotopic (exact) mass is 191 g/mol. The summed E-state index contributed by atoms with van der Waals surface area (Å²) in [4.78, 5) is 15.8. The Hall–Kier alpha value is -1.61. The predicted molar refractivity (Wildman–Crippen MR) is 55.2 cm³/mol. The zero-order valence-electron chi connectivity index (χ0n) is 8.28. The SMILES string of the molecule is CONC(=O)/C(C)=C/c1ccccc1. The van der Waals surface area contributed by atoms with Crippen molar-refractivity contribution >= 4 is 12.0 Å². The second-order valence-electron chi connectivity index (χ2n) is 2.87. The third kappa shape index (κ3) is 3.03. The number of nitrogens with one attached hydrogen (secondary N) is 1. The van der Waals surface area contributed by atoms with E-state index in [4.69, 9.17) is 0 Å². The number of hydroxylamine groups is 1. The zero-order chi connectivity index (χ0) is 10.4. The molecule has 0 aliphatic rings. The third-order valence-electron chi connectivity index (χ3n) is 1.74. The highest BCUT2D eigenvalue weighted by Crippen LogP contribution is 2.05. The first-order valence-electron chi connectivity index (χ1n) is 4.30. The Morgan fingerprint density at radius 1 is 1.36 bits per heavy atom. The summed E-state index contributed by atoms with van der Waals surface area (Å²) in [6.45, 7) is 1.74. The van der Waals surface area contributed by atoms with Crippen molar-refractivity contribution in [1.29, 1.82) is 0 Å². The molecule has 3 nitrogen and oxygen atoms in total. The van der Waals surface area contributed by atoms with Crippen LogP contribution in [0.3, 0.4) is 0 Å². The van der Waals surface area contributed by atoms with E-state index in [1.165, 1.54) is 7.11 Å². The van der Waals surface area contributed by atoms with Crippen molar-refractivity contribution in [2.24, 2.45) is 0 Å². The van der Waals surface area contributed by atoms with E-state index in [2.05, 4.69) is 10.3 Å². The van der Waals surface area contributed by atoms with Gasteiger partial charge in [0.2, 0.25) is 0 Å². The van der Waals surface area contributed by atoms with Gasteiger partial charge in [0.05, 0.1) is 7.11 Å². The lowest BCUT2D eigenvalue weighted by Crippen LogP contribution is -2.22. The molecule has 0 unspecified atom stereocenters. The molecule has 0 spiro atoms. The van der Waals surface area contributed by atoms with Crippen LogP contribution in [0, 0.1) is 0 Å². The van der Waals surface area contributed by atoms with Gasteiger partial charge in [0.15, 0.2) is 0 Å². The molecular weight excluding hydrogens is 178 g/mol. The van der Waals surface area contributed by atoms with Gasteiger partial charge in [0, 0.05) is 5.57 Å². The highest BCUT2D eigenvalue weighted by atomic mass is 16.6. The summed E-state index contributed by atoms with van der Waals surface area (Å²) in [6, 6.07) is 9.65. The molecule has 0 aliphatic carbocycles. The lowest BCUT2D eigenvalue weighted by molar-refractivity contribution is -0.127. The van der Waals surface area contributed by atoms with Crippen molar-refractivity contribution in [3.63, 3.8) is 0 Å². The molecule has 0 heterocycles. The van der Waals surface area contributed by atoms with E-state index in [-0.39, 0.29) is 5.91 Å². The average Bonchev–Trinajstić information content (AvgIpc) is 2.19. The summed E-state index contributed by atoms with van der Waals surface area (Å²) in [5.74, 6) is -0.226. The van der Waals surface area contributed by atoms with Crippen molar-refractivity contribution in [3.05, 3.63) is 41.5 Å². The van der Waals surface area contributed by atoms with Gasteiger partial charge in [0.1, 0.15) is 0 Å². The Morgan fingerprint density at radius 3 is 2.57 bits per heavy atom. The molecule has 0 radical (unpaired) electrons. The quantitative estimate of drug-likeness (QED) is 0.584. The Bertz CT molecular complexity index is 330. The molecule has 0 bridgehead atoms. The summed E-state index contributed by atoms with van der Waals surface area (Å²) in [6.07, 6.45) is 1.80. The van der Waals surface area contributed by atoms with E-state index < -0.39 is 0 Å². The van der Waals surface area contributed by atoms with Crippen molar-refractivity contribution in [3.8, 4) is 0 Å². The van der Waals surface area contributed by atoms with Gasteiger partial charge in [-0.15, -0.1) is 0 Å². The number of carbonyl (C=O) groups is 1. The molecule has 1 aromatic rings. The number of benzene rings is 1. The molecule has 14 heavy (non-hydrogen) atoms. The number of carbonyl (C=O) groups excluding carboxylic acids is 1. The molecule has 0 saturated carbocycles. The summed E-state index contributed by atoms with van der Waals surface area (Å²) in [5, 5.41) is 0. The van der Waals surface area contributed by atoms with Crippen LogP contribution in [-0.2, 0) is 9.63 Å². The summed E-state index contributed by atoms with van der Waals surface area (Å²) < 4.78 is 0. The van der Waals surface area contributed by atoms with Crippen LogP contribution < -0.4 is 5.48 Å². The molecular formula is C11H13NO2. The zero-order valence-corrected chi connectivity index (χ0v) is 8.28. The van der Waals surface area contributed by atoms with Crippen LogP contribution in [0.5, 0.6) is 0 Å². The van der Waals surface area contributed by atoms with Gasteiger partial charge >= 0.3 is 0 Å². The number of rotatable bonds is 3. The van der Waals surface area contributed by atoms with Crippen LogP contribution in [0.15, 0.2) is 35.9 Å². The van der Waals surface area contributed by atoms with E-state index in [0.29, 0.717) is 5.57 Å². The van der Waals surface area contributed by atoms with Crippen LogP contribution in [0.1, 0.15) is 12.5 Å². The van der Waals surface area contributed by atoms with Crippen molar-refractivity contribution in [1.82, 2.24) is 5.48 Å². The molecule has 0 fully saturated rings. The number of hydrogen-bond acceptors (Lipinski definition) is 2. The molecule has 1 N–H and O–H groups in total. The van der Waals surface area contributed by atoms with Gasteiger partial charge in [-0.1, -0.05) is 30.3 Å². The fourth-order valence-electron chi connectivity index (χ4n) is 1.04. The molecule has 1 aromatic carbocycles. The van der Waals surface area contributed by atoms with Crippen LogP contribution in [-0.4, -0.2) is 13.0 Å². The van der Waals surface area contributed by atoms with E-state index in [0.717, 1.165) is 5.56 Å². The van der Waals surface area contributed by atoms with E-state index >= 15 is 0 Å². The van der Waals surface area contributed by atoms with Crippen LogP contribution in [0.2, 0.25) is 0 Å². The van der Waals surface area contributed by atoms with Crippen LogP contribution in [0.4, 0.5) is 0 Å². The van der Waals surface area contributed by atoms with E-state index in [9.17, 15) is 4.79 Å². The first-order valence-corrected chi connectivity index (χ1v) is 4.30. The van der Waals surface area contributed by atoms with Crippen LogP contribution in [0.25, 0.3) is 6.08 Å². The second-order valence-corrected chi connectivity index (χ2v) is 2.87. The largest absolute Gasteiger partial charge is 0.277 e. The Kier molecular flexibility index (Phi) is 3.88. The fourth-order valence-corrected chi connectivity index (χ4v) is 1.04. The van der Waals surface area contributed by atoms with Crippen molar-refractivity contribution < 1.29 is 9.63 Å². The number of hydrogen-bond donors (Lipinski definition) is 1. The van der Waals surface area contributed by atoms with Gasteiger partial charge in [0.25, 0.3) is 5.91 Å². The maximum absolute atomic E-state index is 11.2. The van der Waals surface area contributed by atoms with Gasteiger partial charge < -0.3 is 0 Å². The Balaban J connectivity index is 2.74. The minimum Gasteiger partial charge on any atom is -0.277 e. The van der Waals surface area contributed by atoms with Gasteiger partial charge in [-0.25, -0.2) is 5.48 Å². The average molecular weight is 191 g/mol. The normalized spacial score (nSPS) is 11.1. The highest BCUT2D eigenvalue weighted by molar-refractivity contribution is 5.96. The minimum atomic E-state index is -0.226. The van der Waals surface area contributed by atoms with Crippen molar-refractivity contribution in [2.45, 2.75) is 6.92 Å². The maximum Gasteiger partial charge on any atom is 0.270 e. The summed E-state index contributed by atoms with van der Waals surface area (Å²) >= 11 is 0. The first-order chi connectivity index (χ1) is 6.74. The molecule has 0 aliphatic heterocycles. The number of amides is 1. The van der Waals surface area contributed by atoms with Crippen LogP contribution >= 0.6 is 0 Å². The molecule has 0 atom stereocenters. The Morgan fingerprint density at radius 2 is 2.00 bits per heavy atom. The third-order valence-corrected chi connectivity index (χ3v) is 1.74. The lowest BCUT2D eigenvalue weighted by atomic mass is 10.1. The van der Waals surface area contributed by atoms with Crippen molar-refractivity contribution in [2.75, 3.05) is 7.11 Å². The summed E-state index contributed by atoms with van der Waals surface area (Å²) in [5.41, 5.74) is 3.86. The van der Waals surface area contributed by atoms with Gasteiger partial charge in [-0.2, -0.15) is 0 Å². The smallest absolute Gasteiger partial charge is 0.270 e.